The SMILES string of the molecule is C/C(=N\OCC(=O)N/N=C\c1c(O)c(Br)cc2oc3c(c12)CCCC3)c1cccs1. The largest absolute Gasteiger partial charge is 0.506 e. The lowest BCUT2D eigenvalue weighted by molar-refractivity contribution is -0.125. The average Bonchev–Trinajstić information content (AvgIpc) is 3.38. The van der Waals surface area contributed by atoms with Gasteiger partial charge in [0.25, 0.3) is 5.91 Å². The first-order valence-electron chi connectivity index (χ1n) is 9.52. The summed E-state index contributed by atoms with van der Waals surface area (Å²) in [6.07, 6.45) is 5.39. The molecule has 0 fully saturated rings. The van der Waals surface area contributed by atoms with Gasteiger partial charge in [-0.3, -0.25) is 4.79 Å². The molecule has 30 heavy (non-hydrogen) atoms. The number of nitrogens with one attached hydrogen (secondary N) is 1. The minimum absolute atomic E-state index is 0.0575. The summed E-state index contributed by atoms with van der Waals surface area (Å²) in [5, 5.41) is 21.3. The fraction of sp³-hybridized carbons (Fsp3) is 0.286. The summed E-state index contributed by atoms with van der Waals surface area (Å²) in [5.41, 5.74) is 5.42. The van der Waals surface area contributed by atoms with Crippen LogP contribution >= 0.6 is 27.3 Å². The van der Waals surface area contributed by atoms with Gasteiger partial charge < -0.3 is 14.4 Å². The van der Waals surface area contributed by atoms with Gasteiger partial charge in [0, 0.05) is 22.9 Å². The van der Waals surface area contributed by atoms with E-state index in [4.69, 9.17) is 9.25 Å². The summed E-state index contributed by atoms with van der Waals surface area (Å²) in [7, 11) is 0. The Labute approximate surface area is 185 Å². The molecule has 0 unspecified atom stereocenters. The predicted molar refractivity (Wildman–Crippen MR) is 120 cm³/mol. The maximum atomic E-state index is 12.0. The summed E-state index contributed by atoms with van der Waals surface area (Å²) in [6.45, 7) is 1.55. The molecule has 9 heteroatoms. The van der Waals surface area contributed by atoms with E-state index in [2.05, 4.69) is 31.6 Å². The lowest BCUT2D eigenvalue weighted by Gasteiger charge is -2.10. The number of hydrogen-bond donors (Lipinski definition) is 2. The van der Waals surface area contributed by atoms with Crippen molar-refractivity contribution in [1.82, 2.24) is 5.43 Å². The van der Waals surface area contributed by atoms with Crippen LogP contribution in [0.5, 0.6) is 5.75 Å². The van der Waals surface area contributed by atoms with Gasteiger partial charge in [0.2, 0.25) is 0 Å². The lowest BCUT2D eigenvalue weighted by atomic mass is 9.94. The van der Waals surface area contributed by atoms with Gasteiger partial charge >= 0.3 is 0 Å². The molecule has 2 heterocycles. The van der Waals surface area contributed by atoms with E-state index in [1.807, 2.05) is 24.4 Å². The van der Waals surface area contributed by atoms with E-state index in [0.29, 0.717) is 21.3 Å². The highest BCUT2D eigenvalue weighted by Gasteiger charge is 2.22. The average molecular weight is 490 g/mol. The summed E-state index contributed by atoms with van der Waals surface area (Å²) < 4.78 is 6.49. The van der Waals surface area contributed by atoms with Gasteiger partial charge in [-0.2, -0.15) is 5.10 Å². The van der Waals surface area contributed by atoms with Gasteiger partial charge in [-0.05, 0) is 59.6 Å². The molecule has 1 aliphatic carbocycles. The van der Waals surface area contributed by atoms with Crippen LogP contribution in [0.25, 0.3) is 11.0 Å². The summed E-state index contributed by atoms with van der Waals surface area (Å²) in [5.74, 6) is 0.566. The van der Waals surface area contributed by atoms with Crippen LogP contribution in [-0.4, -0.2) is 29.5 Å². The molecule has 156 valence electrons. The zero-order chi connectivity index (χ0) is 21.1. The monoisotopic (exact) mass is 489 g/mol. The van der Waals surface area contributed by atoms with E-state index in [-0.39, 0.29) is 12.4 Å². The molecule has 4 rings (SSSR count). The maximum absolute atomic E-state index is 12.0. The quantitative estimate of drug-likeness (QED) is 0.386. The zero-order valence-electron chi connectivity index (χ0n) is 16.3. The van der Waals surface area contributed by atoms with Crippen LogP contribution in [0.4, 0.5) is 0 Å². The van der Waals surface area contributed by atoms with Crippen LogP contribution in [0, 0.1) is 0 Å². The van der Waals surface area contributed by atoms with Gasteiger partial charge in [0.15, 0.2) is 6.61 Å². The van der Waals surface area contributed by atoms with Crippen molar-refractivity contribution in [2.75, 3.05) is 6.61 Å². The third-order valence-electron chi connectivity index (χ3n) is 4.86. The molecular formula is C21H20BrN3O4S. The number of carbonyl (C=O) groups excluding carboxylic acids is 1. The van der Waals surface area contributed by atoms with E-state index < -0.39 is 5.91 Å². The second-order valence-corrected chi connectivity index (χ2v) is 8.73. The highest BCUT2D eigenvalue weighted by Crippen LogP contribution is 2.40. The van der Waals surface area contributed by atoms with E-state index in [1.54, 1.807) is 17.4 Å². The number of phenols is 1. The van der Waals surface area contributed by atoms with Crippen molar-refractivity contribution in [3.63, 3.8) is 0 Å². The number of aryl methyl sites for hydroxylation is 2. The molecule has 2 N–H and O–H groups in total. The number of phenolic OH excluding ortho intramolecular Hbond substituents is 1. The first-order chi connectivity index (χ1) is 14.5. The Morgan fingerprint density at radius 3 is 3.07 bits per heavy atom. The Balaban J connectivity index is 1.46. The number of amides is 1. The number of furan rings is 1. The molecule has 1 aromatic carbocycles. The van der Waals surface area contributed by atoms with Crippen LogP contribution < -0.4 is 5.43 Å². The smallest absolute Gasteiger partial charge is 0.280 e. The number of oxime groups is 1. The van der Waals surface area contributed by atoms with Gasteiger partial charge in [0.05, 0.1) is 21.3 Å². The molecule has 1 aliphatic rings. The summed E-state index contributed by atoms with van der Waals surface area (Å²) in [6, 6.07) is 5.61. The first kappa shape index (κ1) is 20.6. The maximum Gasteiger partial charge on any atom is 0.280 e. The Morgan fingerprint density at radius 1 is 1.43 bits per heavy atom. The Kier molecular flexibility index (Phi) is 6.19. The number of nitrogens with zero attached hydrogens (tertiary/aromatic N) is 2. The van der Waals surface area contributed by atoms with Crippen LogP contribution in [-0.2, 0) is 22.5 Å². The Bertz CT molecular complexity index is 1140. The molecule has 0 atom stereocenters. The number of halogens is 1. The molecule has 0 bridgehead atoms. The van der Waals surface area contributed by atoms with Crippen molar-refractivity contribution in [2.45, 2.75) is 32.6 Å². The standard InChI is InChI=1S/C21H20BrN3O4S/c1-12(18-7-4-8-30-18)25-28-11-19(26)24-23-10-14-20-13-5-2-3-6-16(13)29-17(20)9-15(22)21(14)27/h4,7-10,27H,2-3,5-6,11H2,1H3,(H,24,26)/b23-10-,25-12+. The molecule has 0 spiro atoms. The normalized spacial score (nSPS) is 14.3. The number of aromatic hydroxyl groups is 1. The number of rotatable bonds is 6. The van der Waals surface area contributed by atoms with Crippen molar-refractivity contribution >= 4 is 56.1 Å². The molecule has 2 aromatic heterocycles. The van der Waals surface area contributed by atoms with Crippen LogP contribution in [0.15, 0.2) is 42.7 Å². The molecule has 0 saturated carbocycles. The molecular weight excluding hydrogens is 470 g/mol. The summed E-state index contributed by atoms with van der Waals surface area (Å²) in [4.78, 5) is 18.1. The molecule has 0 aliphatic heterocycles. The lowest BCUT2D eigenvalue weighted by Crippen LogP contribution is -2.22. The van der Waals surface area contributed by atoms with Gasteiger partial charge in [-0.15, -0.1) is 11.3 Å². The molecule has 0 radical (unpaired) electrons. The van der Waals surface area contributed by atoms with Gasteiger partial charge in [-0.1, -0.05) is 11.2 Å². The number of hydrogen-bond acceptors (Lipinski definition) is 7. The predicted octanol–water partition coefficient (Wildman–Crippen LogP) is 4.73. The Hall–Kier alpha value is -2.65. The number of benzene rings is 1. The molecule has 3 aromatic rings. The second kappa shape index (κ2) is 9.01. The van der Waals surface area contributed by atoms with Crippen molar-refractivity contribution in [2.24, 2.45) is 10.3 Å². The third kappa shape index (κ3) is 4.27. The fourth-order valence-electron chi connectivity index (χ4n) is 3.46. The first-order valence-corrected chi connectivity index (χ1v) is 11.2. The van der Waals surface area contributed by atoms with E-state index in [1.165, 1.54) is 6.21 Å². The number of fused-ring (bicyclic) bond motifs is 3. The van der Waals surface area contributed by atoms with Crippen molar-refractivity contribution in [3.05, 3.63) is 49.8 Å². The van der Waals surface area contributed by atoms with Crippen molar-refractivity contribution in [3.8, 4) is 5.75 Å². The van der Waals surface area contributed by atoms with Crippen molar-refractivity contribution in [1.29, 1.82) is 0 Å². The third-order valence-corrected chi connectivity index (χ3v) is 6.45. The molecule has 7 nitrogen and oxygen atoms in total. The highest BCUT2D eigenvalue weighted by molar-refractivity contribution is 9.10. The fourth-order valence-corrected chi connectivity index (χ4v) is 4.55. The van der Waals surface area contributed by atoms with Crippen LogP contribution in [0.2, 0.25) is 0 Å². The minimum atomic E-state index is -0.450. The minimum Gasteiger partial charge on any atom is -0.506 e. The van der Waals surface area contributed by atoms with Gasteiger partial charge in [-0.25, -0.2) is 5.43 Å². The Morgan fingerprint density at radius 2 is 2.27 bits per heavy atom. The highest BCUT2D eigenvalue weighted by atomic mass is 79.9. The number of carbonyl (C=O) groups is 1. The van der Waals surface area contributed by atoms with E-state index in [9.17, 15) is 9.90 Å². The number of hydrazone groups is 1. The van der Waals surface area contributed by atoms with E-state index in [0.717, 1.165) is 47.3 Å². The van der Waals surface area contributed by atoms with Crippen LogP contribution in [0.1, 0.15) is 41.5 Å². The van der Waals surface area contributed by atoms with E-state index >= 15 is 0 Å². The van der Waals surface area contributed by atoms with Crippen molar-refractivity contribution < 1.29 is 19.2 Å². The number of thiophene rings is 1. The van der Waals surface area contributed by atoms with Gasteiger partial charge in [0.1, 0.15) is 17.1 Å². The molecule has 0 saturated heterocycles. The van der Waals surface area contributed by atoms with Crippen LogP contribution in [0.3, 0.4) is 0 Å². The molecule has 1 amide bonds. The summed E-state index contributed by atoms with van der Waals surface area (Å²) >= 11 is 4.90. The topological polar surface area (TPSA) is 96.4 Å². The second-order valence-electron chi connectivity index (χ2n) is 6.93. The zero-order valence-corrected chi connectivity index (χ0v) is 18.7.